The Morgan fingerprint density at radius 3 is 2.80 bits per heavy atom. The van der Waals surface area contributed by atoms with Crippen LogP contribution >= 0.6 is 11.6 Å². The predicted octanol–water partition coefficient (Wildman–Crippen LogP) is 3.99. The summed E-state index contributed by atoms with van der Waals surface area (Å²) in [5.41, 5.74) is 2.92. The smallest absolute Gasteiger partial charge is 0.222 e. The van der Waals surface area contributed by atoms with E-state index < -0.39 is 12.4 Å². The van der Waals surface area contributed by atoms with Crippen LogP contribution in [0.1, 0.15) is 18.1 Å². The Kier molecular flexibility index (Phi) is 5.72. The molecule has 2 aliphatic heterocycles. The van der Waals surface area contributed by atoms with Crippen molar-refractivity contribution in [2.45, 2.75) is 25.9 Å². The van der Waals surface area contributed by atoms with Gasteiger partial charge in [-0.2, -0.15) is 0 Å². The molecular weight excluding hydrogens is 406 g/mol. The quantitative estimate of drug-likeness (QED) is 0.669. The number of aliphatic hydroxyl groups is 3. The maximum Gasteiger partial charge on any atom is 0.222 e. The molecule has 3 N–H and O–H groups in total. The Bertz CT molecular complexity index is 1050. The van der Waals surface area contributed by atoms with Crippen molar-refractivity contribution in [3.63, 3.8) is 0 Å². The second kappa shape index (κ2) is 8.44. The van der Waals surface area contributed by atoms with E-state index >= 15 is 0 Å². The zero-order chi connectivity index (χ0) is 21.3. The van der Waals surface area contributed by atoms with E-state index in [1.54, 1.807) is 24.1 Å². The zero-order valence-electron chi connectivity index (χ0n) is 16.3. The molecule has 2 heterocycles. The van der Waals surface area contributed by atoms with Gasteiger partial charge in [-0.1, -0.05) is 23.7 Å². The maximum atomic E-state index is 10.5. The third kappa shape index (κ3) is 4.31. The molecule has 2 aliphatic rings. The van der Waals surface area contributed by atoms with Crippen LogP contribution in [0.4, 0.5) is 0 Å². The fraction of sp³-hybridized carbons (Fsp3) is 0.217. The zero-order valence-corrected chi connectivity index (χ0v) is 17.1. The summed E-state index contributed by atoms with van der Waals surface area (Å²) in [6.07, 6.45) is 2.88. The van der Waals surface area contributed by atoms with E-state index in [-0.39, 0.29) is 5.76 Å². The number of hydrogen-bond donors (Lipinski definition) is 3. The van der Waals surface area contributed by atoms with Crippen LogP contribution in [0.5, 0.6) is 11.5 Å². The van der Waals surface area contributed by atoms with Crippen LogP contribution in [0.3, 0.4) is 0 Å². The fourth-order valence-electron chi connectivity index (χ4n) is 3.33. The van der Waals surface area contributed by atoms with Gasteiger partial charge in [0.15, 0.2) is 0 Å². The van der Waals surface area contributed by atoms with Crippen molar-refractivity contribution in [2.75, 3.05) is 6.54 Å². The lowest BCUT2D eigenvalue weighted by atomic mass is 10.0. The van der Waals surface area contributed by atoms with Gasteiger partial charge in [-0.25, -0.2) is 0 Å². The van der Waals surface area contributed by atoms with Crippen LogP contribution in [0.25, 0.3) is 6.08 Å². The molecule has 0 amide bonds. The molecule has 30 heavy (non-hydrogen) atoms. The predicted molar refractivity (Wildman–Crippen MR) is 114 cm³/mol. The van der Waals surface area contributed by atoms with E-state index in [4.69, 9.17) is 21.1 Å². The Labute approximate surface area is 179 Å². The number of halogens is 1. The lowest BCUT2D eigenvalue weighted by molar-refractivity contribution is 0.00892. The average molecular weight is 428 g/mol. The van der Waals surface area contributed by atoms with Crippen LogP contribution < -0.4 is 9.47 Å². The summed E-state index contributed by atoms with van der Waals surface area (Å²) in [5, 5.41) is 30.7. The van der Waals surface area contributed by atoms with E-state index in [9.17, 15) is 15.3 Å². The fourth-order valence-corrected chi connectivity index (χ4v) is 3.54. The van der Waals surface area contributed by atoms with Crippen molar-refractivity contribution < 1.29 is 24.8 Å². The van der Waals surface area contributed by atoms with Crippen molar-refractivity contribution in [2.24, 2.45) is 0 Å². The number of nitrogens with zero attached hydrogens (tertiary/aromatic N) is 1. The highest BCUT2D eigenvalue weighted by Gasteiger charge is 2.25. The number of benzene rings is 2. The van der Waals surface area contributed by atoms with Gasteiger partial charge in [-0.3, -0.25) is 0 Å². The van der Waals surface area contributed by atoms with Gasteiger partial charge in [0.1, 0.15) is 30.0 Å². The van der Waals surface area contributed by atoms with Crippen LogP contribution in [0, 0.1) is 0 Å². The summed E-state index contributed by atoms with van der Waals surface area (Å²) < 4.78 is 11.5. The summed E-state index contributed by atoms with van der Waals surface area (Å²) in [6, 6.07) is 12.9. The summed E-state index contributed by atoms with van der Waals surface area (Å²) >= 11 is 6.00. The molecule has 0 saturated heterocycles. The van der Waals surface area contributed by atoms with Crippen LogP contribution in [0.2, 0.25) is 5.02 Å². The average Bonchev–Trinajstić information content (AvgIpc) is 2.73. The monoisotopic (exact) mass is 427 g/mol. The van der Waals surface area contributed by atoms with Crippen molar-refractivity contribution in [3.05, 3.63) is 87.9 Å². The molecule has 0 bridgehead atoms. The first kappa shape index (κ1) is 20.3. The molecule has 0 aromatic heterocycles. The van der Waals surface area contributed by atoms with Crippen molar-refractivity contribution in [3.8, 4) is 11.5 Å². The topological polar surface area (TPSA) is 82.4 Å². The summed E-state index contributed by atoms with van der Waals surface area (Å²) in [4.78, 5) is 1.74. The molecule has 0 saturated carbocycles. The third-order valence-corrected chi connectivity index (χ3v) is 5.29. The normalized spacial score (nSPS) is 20.5. The highest BCUT2D eigenvalue weighted by molar-refractivity contribution is 6.30. The lowest BCUT2D eigenvalue weighted by Gasteiger charge is -2.31. The molecule has 4 rings (SSSR count). The first-order chi connectivity index (χ1) is 14.4. The van der Waals surface area contributed by atoms with Gasteiger partial charge in [-0.05, 0) is 48.9 Å². The van der Waals surface area contributed by atoms with Gasteiger partial charge in [0, 0.05) is 35.0 Å². The van der Waals surface area contributed by atoms with Gasteiger partial charge in [0.25, 0.3) is 0 Å². The Balaban J connectivity index is 1.48. The van der Waals surface area contributed by atoms with Gasteiger partial charge >= 0.3 is 0 Å². The molecule has 2 aromatic rings. The standard InChI is InChI=1S/C23H22ClNO5/c1-14-22(27)20(26)7-8-25(14)12-17-10-16-5-6-19(11-21(16)30-23(17)28)29-13-15-3-2-4-18(24)9-15/h2-11,20,23,26-28H,12-13H2,1H3. The van der Waals surface area contributed by atoms with Gasteiger partial charge in [0.05, 0.1) is 5.70 Å². The van der Waals surface area contributed by atoms with Gasteiger partial charge in [0.2, 0.25) is 6.29 Å². The minimum absolute atomic E-state index is 0.105. The van der Waals surface area contributed by atoms with E-state index in [1.165, 1.54) is 6.08 Å². The number of allylic oxidation sites excluding steroid dienone is 1. The Hall–Kier alpha value is -2.93. The Morgan fingerprint density at radius 1 is 1.17 bits per heavy atom. The maximum absolute atomic E-state index is 10.5. The molecule has 156 valence electrons. The largest absolute Gasteiger partial charge is 0.507 e. The summed E-state index contributed by atoms with van der Waals surface area (Å²) in [6.45, 7) is 2.38. The number of aliphatic hydroxyl groups excluding tert-OH is 3. The van der Waals surface area contributed by atoms with Crippen LogP contribution in [-0.4, -0.2) is 39.2 Å². The van der Waals surface area contributed by atoms with Crippen molar-refractivity contribution in [1.29, 1.82) is 0 Å². The first-order valence-corrected chi connectivity index (χ1v) is 9.88. The minimum Gasteiger partial charge on any atom is -0.507 e. The highest BCUT2D eigenvalue weighted by atomic mass is 35.5. The summed E-state index contributed by atoms with van der Waals surface area (Å²) in [7, 11) is 0. The van der Waals surface area contributed by atoms with E-state index in [1.807, 2.05) is 42.5 Å². The third-order valence-electron chi connectivity index (χ3n) is 5.06. The molecule has 6 nitrogen and oxygen atoms in total. The van der Waals surface area contributed by atoms with Crippen molar-refractivity contribution in [1.82, 2.24) is 4.90 Å². The van der Waals surface area contributed by atoms with Crippen LogP contribution in [0.15, 0.2) is 71.8 Å². The highest BCUT2D eigenvalue weighted by Crippen LogP contribution is 2.33. The first-order valence-electron chi connectivity index (χ1n) is 9.50. The van der Waals surface area contributed by atoms with Crippen molar-refractivity contribution >= 4 is 17.7 Å². The molecule has 2 aromatic carbocycles. The SMILES string of the molecule is CC1=C(O)C(O)C=CN1CC1=Cc2ccc(OCc3cccc(Cl)c3)cc2OC1O. The number of rotatable bonds is 5. The Morgan fingerprint density at radius 2 is 2.00 bits per heavy atom. The van der Waals surface area contributed by atoms with Gasteiger partial charge in [-0.15, -0.1) is 0 Å². The van der Waals surface area contributed by atoms with E-state index in [2.05, 4.69) is 0 Å². The molecule has 2 atom stereocenters. The second-order valence-electron chi connectivity index (χ2n) is 7.19. The number of hydrogen-bond acceptors (Lipinski definition) is 6. The van der Waals surface area contributed by atoms with Crippen LogP contribution in [-0.2, 0) is 6.61 Å². The molecular formula is C23H22ClNO5. The van der Waals surface area contributed by atoms with E-state index in [0.717, 1.165) is 11.1 Å². The second-order valence-corrected chi connectivity index (χ2v) is 7.63. The number of ether oxygens (including phenoxy) is 2. The molecule has 0 spiro atoms. The minimum atomic E-state index is -1.13. The molecule has 2 unspecified atom stereocenters. The van der Waals surface area contributed by atoms with Gasteiger partial charge < -0.3 is 29.7 Å². The molecule has 0 radical (unpaired) electrons. The van der Waals surface area contributed by atoms with E-state index in [0.29, 0.717) is 40.9 Å². The lowest BCUT2D eigenvalue weighted by Crippen LogP contribution is -2.32. The summed E-state index contributed by atoms with van der Waals surface area (Å²) in [5.74, 6) is 1.04. The molecule has 0 fully saturated rings. The molecule has 0 aliphatic carbocycles. The number of fused-ring (bicyclic) bond motifs is 1. The molecule has 7 heteroatoms.